The predicted octanol–water partition coefficient (Wildman–Crippen LogP) is -1.92. The van der Waals surface area contributed by atoms with E-state index in [9.17, 15) is 9.59 Å². The van der Waals surface area contributed by atoms with Gasteiger partial charge in [0.05, 0.1) is 26.4 Å². The van der Waals surface area contributed by atoms with Gasteiger partial charge in [-0.05, 0) is 13.0 Å². The van der Waals surface area contributed by atoms with Crippen molar-refractivity contribution in [2.45, 2.75) is 18.6 Å². The van der Waals surface area contributed by atoms with Crippen molar-refractivity contribution in [1.82, 2.24) is 10.2 Å². The maximum Gasteiger partial charge on any atom is 0.254 e. The van der Waals surface area contributed by atoms with E-state index in [1.54, 1.807) is 0 Å². The Bertz CT molecular complexity index is 311. The molecule has 2 atom stereocenters. The molecule has 0 saturated carbocycles. The SMILES string of the molecule is NC(=O)CN(C(=O)C1COCCO1)C1CCNC1. The number of ether oxygens (including phenoxy) is 2. The van der Waals surface area contributed by atoms with Crippen LogP contribution in [0.5, 0.6) is 0 Å². The minimum atomic E-state index is -0.612. The highest BCUT2D eigenvalue weighted by Crippen LogP contribution is 2.13. The molecule has 3 N–H and O–H groups in total. The minimum absolute atomic E-state index is 0.00975. The maximum absolute atomic E-state index is 12.3. The van der Waals surface area contributed by atoms with Gasteiger partial charge in [-0.15, -0.1) is 0 Å². The molecule has 0 bridgehead atoms. The summed E-state index contributed by atoms with van der Waals surface area (Å²) in [4.78, 5) is 24.9. The number of carbonyl (C=O) groups is 2. The van der Waals surface area contributed by atoms with Gasteiger partial charge in [-0.2, -0.15) is 0 Å². The van der Waals surface area contributed by atoms with Gasteiger partial charge in [0.25, 0.3) is 5.91 Å². The molecule has 7 nitrogen and oxygen atoms in total. The van der Waals surface area contributed by atoms with Crippen LogP contribution >= 0.6 is 0 Å². The van der Waals surface area contributed by atoms with Gasteiger partial charge in [0.2, 0.25) is 5.91 Å². The Balaban J connectivity index is 2.01. The summed E-state index contributed by atoms with van der Waals surface area (Å²) in [5.41, 5.74) is 5.20. The number of nitrogens with one attached hydrogen (secondary N) is 1. The third-order valence-corrected chi connectivity index (χ3v) is 3.18. The lowest BCUT2D eigenvalue weighted by Gasteiger charge is -2.32. The van der Waals surface area contributed by atoms with Gasteiger partial charge in [-0.25, -0.2) is 0 Å². The van der Waals surface area contributed by atoms with Crippen molar-refractivity contribution >= 4 is 11.8 Å². The van der Waals surface area contributed by atoms with E-state index in [1.165, 1.54) is 4.90 Å². The van der Waals surface area contributed by atoms with Gasteiger partial charge in [-0.1, -0.05) is 0 Å². The second kappa shape index (κ2) is 6.12. The zero-order valence-corrected chi connectivity index (χ0v) is 10.3. The van der Waals surface area contributed by atoms with Crippen molar-refractivity contribution in [3.63, 3.8) is 0 Å². The van der Waals surface area contributed by atoms with E-state index in [-0.39, 0.29) is 25.1 Å². The van der Waals surface area contributed by atoms with Gasteiger partial charge in [0.1, 0.15) is 0 Å². The van der Waals surface area contributed by atoms with E-state index in [0.29, 0.717) is 19.8 Å². The number of amides is 2. The van der Waals surface area contributed by atoms with Crippen LogP contribution in [-0.2, 0) is 19.1 Å². The largest absolute Gasteiger partial charge is 0.376 e. The van der Waals surface area contributed by atoms with Crippen LogP contribution in [0, 0.1) is 0 Å². The van der Waals surface area contributed by atoms with Crippen molar-refractivity contribution in [3.05, 3.63) is 0 Å². The van der Waals surface area contributed by atoms with E-state index in [4.69, 9.17) is 15.2 Å². The lowest BCUT2D eigenvalue weighted by atomic mass is 10.2. The molecule has 7 heteroatoms. The Morgan fingerprint density at radius 2 is 2.22 bits per heavy atom. The summed E-state index contributed by atoms with van der Waals surface area (Å²) < 4.78 is 10.6. The highest BCUT2D eigenvalue weighted by atomic mass is 16.6. The molecule has 0 spiro atoms. The van der Waals surface area contributed by atoms with Crippen molar-refractivity contribution in [3.8, 4) is 0 Å². The van der Waals surface area contributed by atoms with Crippen LogP contribution in [-0.4, -0.2) is 68.3 Å². The molecule has 2 unspecified atom stereocenters. The standard InChI is InChI=1S/C11H19N3O4/c12-10(15)6-14(8-1-2-13-5-8)11(16)9-7-17-3-4-18-9/h8-9,13H,1-7H2,(H2,12,15). The Morgan fingerprint density at radius 1 is 1.39 bits per heavy atom. The van der Waals surface area contributed by atoms with Crippen molar-refractivity contribution in [1.29, 1.82) is 0 Å². The first-order chi connectivity index (χ1) is 8.68. The molecule has 2 amide bonds. The first-order valence-corrected chi connectivity index (χ1v) is 6.17. The fourth-order valence-corrected chi connectivity index (χ4v) is 2.28. The topological polar surface area (TPSA) is 93.9 Å². The van der Waals surface area contributed by atoms with Crippen LogP contribution in [0.1, 0.15) is 6.42 Å². The van der Waals surface area contributed by atoms with Crippen molar-refractivity contribution in [2.75, 3.05) is 39.5 Å². The first kappa shape index (κ1) is 13.3. The van der Waals surface area contributed by atoms with E-state index in [1.807, 2.05) is 0 Å². The molecule has 2 fully saturated rings. The predicted molar refractivity (Wildman–Crippen MR) is 62.7 cm³/mol. The second-order valence-corrected chi connectivity index (χ2v) is 4.51. The second-order valence-electron chi connectivity index (χ2n) is 4.51. The maximum atomic E-state index is 12.3. The number of hydrogen-bond donors (Lipinski definition) is 2. The van der Waals surface area contributed by atoms with Gasteiger partial charge in [0.15, 0.2) is 6.10 Å². The average Bonchev–Trinajstić information content (AvgIpc) is 2.89. The van der Waals surface area contributed by atoms with Crippen molar-refractivity contribution in [2.24, 2.45) is 5.73 Å². The van der Waals surface area contributed by atoms with E-state index >= 15 is 0 Å². The summed E-state index contributed by atoms with van der Waals surface area (Å²) in [5.74, 6) is -0.714. The molecule has 2 aliphatic heterocycles. The Kier molecular flexibility index (Phi) is 4.51. The lowest BCUT2D eigenvalue weighted by Crippen LogP contribution is -2.52. The molecule has 0 aromatic carbocycles. The molecule has 102 valence electrons. The summed E-state index contributed by atoms with van der Waals surface area (Å²) in [6.45, 7) is 2.62. The Morgan fingerprint density at radius 3 is 2.78 bits per heavy atom. The van der Waals surface area contributed by atoms with Crippen LogP contribution in [0.3, 0.4) is 0 Å². The van der Waals surface area contributed by atoms with Crippen LogP contribution in [0.2, 0.25) is 0 Å². The highest BCUT2D eigenvalue weighted by Gasteiger charge is 2.33. The normalized spacial score (nSPS) is 28.0. The molecule has 2 saturated heterocycles. The van der Waals surface area contributed by atoms with E-state index in [2.05, 4.69) is 5.32 Å². The number of rotatable bonds is 4. The zero-order chi connectivity index (χ0) is 13.0. The number of primary amides is 1. The summed E-state index contributed by atoms with van der Waals surface area (Å²) >= 11 is 0. The highest BCUT2D eigenvalue weighted by molar-refractivity contribution is 5.86. The quantitative estimate of drug-likeness (QED) is 0.612. The molecule has 2 heterocycles. The van der Waals surface area contributed by atoms with Crippen LogP contribution in [0.15, 0.2) is 0 Å². The average molecular weight is 257 g/mol. The van der Waals surface area contributed by atoms with Gasteiger partial charge in [-0.3, -0.25) is 9.59 Å². The minimum Gasteiger partial charge on any atom is -0.376 e. The molecular weight excluding hydrogens is 238 g/mol. The Labute approximate surface area is 106 Å². The molecule has 0 aliphatic carbocycles. The molecular formula is C11H19N3O4. The van der Waals surface area contributed by atoms with Gasteiger partial charge >= 0.3 is 0 Å². The fraction of sp³-hybridized carbons (Fsp3) is 0.818. The third-order valence-electron chi connectivity index (χ3n) is 3.18. The lowest BCUT2D eigenvalue weighted by molar-refractivity contribution is -0.161. The van der Waals surface area contributed by atoms with E-state index < -0.39 is 12.0 Å². The van der Waals surface area contributed by atoms with Crippen LogP contribution in [0.4, 0.5) is 0 Å². The summed E-state index contributed by atoms with van der Waals surface area (Å²) in [5, 5.41) is 3.17. The third kappa shape index (κ3) is 3.18. The van der Waals surface area contributed by atoms with Gasteiger partial charge in [0, 0.05) is 12.6 Å². The number of carbonyl (C=O) groups excluding carboxylic acids is 2. The van der Waals surface area contributed by atoms with Crippen LogP contribution < -0.4 is 11.1 Å². The summed E-state index contributed by atoms with van der Waals surface area (Å²) in [6, 6.07) is 0.00975. The molecule has 0 aromatic heterocycles. The molecule has 0 aromatic rings. The van der Waals surface area contributed by atoms with Crippen LogP contribution in [0.25, 0.3) is 0 Å². The van der Waals surface area contributed by atoms with E-state index in [0.717, 1.165) is 13.0 Å². The summed E-state index contributed by atoms with van der Waals surface area (Å²) in [6.07, 6.45) is 0.214. The number of nitrogens with zero attached hydrogens (tertiary/aromatic N) is 1. The fourth-order valence-electron chi connectivity index (χ4n) is 2.28. The smallest absolute Gasteiger partial charge is 0.254 e. The molecule has 0 radical (unpaired) electrons. The zero-order valence-electron chi connectivity index (χ0n) is 10.3. The first-order valence-electron chi connectivity index (χ1n) is 6.17. The monoisotopic (exact) mass is 257 g/mol. The number of nitrogens with two attached hydrogens (primary N) is 1. The molecule has 2 aliphatic rings. The molecule has 2 rings (SSSR count). The summed E-state index contributed by atoms with van der Waals surface area (Å²) in [7, 11) is 0. The number of hydrogen-bond acceptors (Lipinski definition) is 5. The van der Waals surface area contributed by atoms with Crippen molar-refractivity contribution < 1.29 is 19.1 Å². The molecule has 18 heavy (non-hydrogen) atoms. The Hall–Kier alpha value is -1.18. The van der Waals surface area contributed by atoms with Gasteiger partial charge < -0.3 is 25.4 Å².